The first-order chi connectivity index (χ1) is 11.1. The maximum Gasteiger partial charge on any atom is 0.408 e. The monoisotopic (exact) mass is 320 g/mol. The third kappa shape index (κ3) is 3.74. The first kappa shape index (κ1) is 16.0. The standard InChI is InChI=1S/C18H19F3N2/c19-18(20,21)17(23-11-9-22-10-12-23)16-8-4-7-15(13-16)14-5-2-1-3-6-14/h1-8,13,17,22H,9-12H2/t17-/m1/s1. The highest BCUT2D eigenvalue weighted by molar-refractivity contribution is 5.64. The molecule has 0 aromatic heterocycles. The summed E-state index contributed by atoms with van der Waals surface area (Å²) < 4.78 is 41.0. The number of rotatable bonds is 3. The molecule has 0 spiro atoms. The summed E-state index contributed by atoms with van der Waals surface area (Å²) in [5.41, 5.74) is 2.05. The molecule has 1 aliphatic rings. The molecule has 3 rings (SSSR count). The van der Waals surface area contributed by atoms with Crippen molar-refractivity contribution < 1.29 is 13.2 Å². The zero-order chi connectivity index (χ0) is 16.3. The second kappa shape index (κ2) is 6.72. The first-order valence-corrected chi connectivity index (χ1v) is 7.72. The van der Waals surface area contributed by atoms with Crippen molar-refractivity contribution in [3.05, 3.63) is 60.2 Å². The van der Waals surface area contributed by atoms with Gasteiger partial charge < -0.3 is 5.32 Å². The Bertz CT molecular complexity index is 634. The molecule has 122 valence electrons. The summed E-state index contributed by atoms with van der Waals surface area (Å²) >= 11 is 0. The van der Waals surface area contributed by atoms with E-state index in [1.54, 1.807) is 18.2 Å². The third-order valence-electron chi connectivity index (χ3n) is 4.14. The molecule has 23 heavy (non-hydrogen) atoms. The van der Waals surface area contributed by atoms with Crippen molar-refractivity contribution in [2.75, 3.05) is 26.2 Å². The van der Waals surface area contributed by atoms with E-state index in [9.17, 15) is 13.2 Å². The molecule has 1 aliphatic heterocycles. The minimum atomic E-state index is -4.29. The van der Waals surface area contributed by atoms with E-state index in [0.29, 0.717) is 31.7 Å². The van der Waals surface area contributed by atoms with Crippen molar-refractivity contribution in [1.29, 1.82) is 0 Å². The van der Waals surface area contributed by atoms with Gasteiger partial charge in [-0.2, -0.15) is 13.2 Å². The van der Waals surface area contributed by atoms with Crippen molar-refractivity contribution in [3.8, 4) is 11.1 Å². The lowest BCUT2D eigenvalue weighted by molar-refractivity contribution is -0.187. The largest absolute Gasteiger partial charge is 0.408 e. The van der Waals surface area contributed by atoms with Gasteiger partial charge in [-0.05, 0) is 22.8 Å². The first-order valence-electron chi connectivity index (χ1n) is 7.72. The highest BCUT2D eigenvalue weighted by Gasteiger charge is 2.44. The summed E-state index contributed by atoms with van der Waals surface area (Å²) in [4.78, 5) is 1.51. The van der Waals surface area contributed by atoms with Gasteiger partial charge in [-0.25, -0.2) is 0 Å². The molecule has 1 atom stereocenters. The van der Waals surface area contributed by atoms with E-state index in [-0.39, 0.29) is 0 Å². The minimum Gasteiger partial charge on any atom is -0.314 e. The second-order valence-corrected chi connectivity index (χ2v) is 5.72. The van der Waals surface area contributed by atoms with Gasteiger partial charge in [0.05, 0.1) is 0 Å². The van der Waals surface area contributed by atoms with Crippen LogP contribution in [0.1, 0.15) is 11.6 Å². The Morgan fingerprint density at radius 1 is 0.870 bits per heavy atom. The lowest BCUT2D eigenvalue weighted by Gasteiger charge is -2.36. The van der Waals surface area contributed by atoms with E-state index in [0.717, 1.165) is 11.1 Å². The number of halogens is 3. The van der Waals surface area contributed by atoms with Crippen LogP contribution in [0.25, 0.3) is 11.1 Å². The average molecular weight is 320 g/mol. The second-order valence-electron chi connectivity index (χ2n) is 5.72. The SMILES string of the molecule is FC(F)(F)[C@@H](c1cccc(-c2ccccc2)c1)N1CCNCC1. The third-order valence-corrected chi connectivity index (χ3v) is 4.14. The van der Waals surface area contributed by atoms with Gasteiger partial charge in [0.15, 0.2) is 0 Å². The van der Waals surface area contributed by atoms with Gasteiger partial charge in [0.2, 0.25) is 0 Å². The topological polar surface area (TPSA) is 15.3 Å². The number of hydrogen-bond acceptors (Lipinski definition) is 2. The molecule has 0 aliphatic carbocycles. The van der Waals surface area contributed by atoms with Crippen molar-refractivity contribution in [2.24, 2.45) is 0 Å². The Labute approximate surface area is 133 Å². The highest BCUT2D eigenvalue weighted by Crippen LogP contribution is 2.38. The molecule has 2 aromatic rings. The van der Waals surface area contributed by atoms with Gasteiger partial charge in [0.25, 0.3) is 0 Å². The summed E-state index contributed by atoms with van der Waals surface area (Å²) in [6.07, 6.45) is -4.29. The Kier molecular flexibility index (Phi) is 4.68. The van der Waals surface area contributed by atoms with Crippen LogP contribution in [0.2, 0.25) is 0 Å². The van der Waals surface area contributed by atoms with Crippen LogP contribution < -0.4 is 5.32 Å². The van der Waals surface area contributed by atoms with Crippen LogP contribution in [0.4, 0.5) is 13.2 Å². The minimum absolute atomic E-state index is 0.306. The molecule has 2 aromatic carbocycles. The molecule has 0 bridgehead atoms. The molecule has 1 N–H and O–H groups in total. The maximum absolute atomic E-state index is 13.7. The van der Waals surface area contributed by atoms with Crippen LogP contribution in [0.15, 0.2) is 54.6 Å². The zero-order valence-electron chi connectivity index (χ0n) is 12.7. The number of benzene rings is 2. The van der Waals surface area contributed by atoms with E-state index in [1.807, 2.05) is 36.4 Å². The predicted molar refractivity (Wildman–Crippen MR) is 85.1 cm³/mol. The highest BCUT2D eigenvalue weighted by atomic mass is 19.4. The van der Waals surface area contributed by atoms with Gasteiger partial charge in [-0.1, -0.05) is 48.5 Å². The molecule has 1 heterocycles. The van der Waals surface area contributed by atoms with E-state index in [2.05, 4.69) is 5.32 Å². The van der Waals surface area contributed by atoms with Crippen molar-refractivity contribution in [2.45, 2.75) is 12.2 Å². The number of hydrogen-bond donors (Lipinski definition) is 1. The Hall–Kier alpha value is -1.85. The quantitative estimate of drug-likeness (QED) is 0.924. The van der Waals surface area contributed by atoms with Crippen molar-refractivity contribution in [3.63, 3.8) is 0 Å². The number of piperazine rings is 1. The van der Waals surface area contributed by atoms with Gasteiger partial charge in [-0.3, -0.25) is 4.90 Å². The van der Waals surface area contributed by atoms with Gasteiger partial charge in [0.1, 0.15) is 6.04 Å². The molecule has 0 saturated carbocycles. The van der Waals surface area contributed by atoms with E-state index in [4.69, 9.17) is 0 Å². The van der Waals surface area contributed by atoms with Crippen LogP contribution in [-0.2, 0) is 0 Å². The van der Waals surface area contributed by atoms with Crippen LogP contribution in [0.3, 0.4) is 0 Å². The molecule has 0 amide bonds. The van der Waals surface area contributed by atoms with Gasteiger partial charge in [-0.15, -0.1) is 0 Å². The molecule has 0 unspecified atom stereocenters. The number of nitrogens with zero attached hydrogens (tertiary/aromatic N) is 1. The fourth-order valence-corrected chi connectivity index (χ4v) is 3.07. The summed E-state index contributed by atoms with van der Waals surface area (Å²) in [5.74, 6) is 0. The molecule has 1 fully saturated rings. The van der Waals surface area contributed by atoms with Gasteiger partial charge >= 0.3 is 6.18 Å². The zero-order valence-corrected chi connectivity index (χ0v) is 12.7. The molecule has 0 radical (unpaired) electrons. The lowest BCUT2D eigenvalue weighted by atomic mass is 9.98. The summed E-state index contributed by atoms with van der Waals surface area (Å²) in [7, 11) is 0. The van der Waals surface area contributed by atoms with Gasteiger partial charge in [0, 0.05) is 26.2 Å². The Morgan fingerprint density at radius 2 is 1.52 bits per heavy atom. The van der Waals surface area contributed by atoms with Crippen LogP contribution in [-0.4, -0.2) is 37.3 Å². The van der Waals surface area contributed by atoms with E-state index < -0.39 is 12.2 Å². The molecule has 1 saturated heterocycles. The smallest absolute Gasteiger partial charge is 0.314 e. The lowest BCUT2D eigenvalue weighted by Crippen LogP contribution is -2.49. The summed E-state index contributed by atoms with van der Waals surface area (Å²) in [6, 6.07) is 14.7. The fourth-order valence-electron chi connectivity index (χ4n) is 3.07. The average Bonchev–Trinajstić information content (AvgIpc) is 2.56. The van der Waals surface area contributed by atoms with Crippen LogP contribution in [0.5, 0.6) is 0 Å². The number of alkyl halides is 3. The normalized spacial score (nSPS) is 17.9. The Morgan fingerprint density at radius 3 is 2.17 bits per heavy atom. The van der Waals surface area contributed by atoms with Crippen LogP contribution >= 0.6 is 0 Å². The van der Waals surface area contributed by atoms with Crippen molar-refractivity contribution >= 4 is 0 Å². The fraction of sp³-hybridized carbons (Fsp3) is 0.333. The van der Waals surface area contributed by atoms with Crippen molar-refractivity contribution in [1.82, 2.24) is 10.2 Å². The summed E-state index contributed by atoms with van der Waals surface area (Å²) in [5, 5.41) is 3.10. The Balaban J connectivity index is 1.96. The molecular formula is C18H19F3N2. The molecule has 5 heteroatoms. The molecule has 2 nitrogen and oxygen atoms in total. The van der Waals surface area contributed by atoms with E-state index in [1.165, 1.54) is 4.90 Å². The summed E-state index contributed by atoms with van der Waals surface area (Å²) in [6.45, 7) is 1.98. The van der Waals surface area contributed by atoms with E-state index >= 15 is 0 Å². The van der Waals surface area contributed by atoms with Crippen LogP contribution in [0, 0.1) is 0 Å². The number of nitrogens with one attached hydrogen (secondary N) is 1. The molecular weight excluding hydrogens is 301 g/mol. The maximum atomic E-state index is 13.7. The predicted octanol–water partition coefficient (Wildman–Crippen LogP) is 3.86.